The van der Waals surface area contributed by atoms with Crippen LogP contribution in [0.3, 0.4) is 0 Å². The molecule has 0 atom stereocenters. The second kappa shape index (κ2) is 6.49. The number of aromatic amines is 1. The first kappa shape index (κ1) is 16.3. The van der Waals surface area contributed by atoms with Crippen LogP contribution >= 0.6 is 11.6 Å². The lowest BCUT2D eigenvalue weighted by Crippen LogP contribution is -2.11. The molecule has 122 valence electrons. The summed E-state index contributed by atoms with van der Waals surface area (Å²) >= 11 is 6.39. The van der Waals surface area contributed by atoms with Gasteiger partial charge in [-0.15, -0.1) is 0 Å². The van der Waals surface area contributed by atoms with Gasteiger partial charge in [0.1, 0.15) is 5.75 Å². The summed E-state index contributed by atoms with van der Waals surface area (Å²) in [5, 5.41) is 0.935. The number of ether oxygens (including phenoxy) is 1. The second-order valence-corrected chi connectivity index (χ2v) is 6.01. The van der Waals surface area contributed by atoms with Gasteiger partial charge in [0.2, 0.25) is 0 Å². The summed E-state index contributed by atoms with van der Waals surface area (Å²) in [6, 6.07) is 11.3. The molecule has 0 aliphatic carbocycles. The van der Waals surface area contributed by atoms with Gasteiger partial charge < -0.3 is 9.72 Å². The Hall–Kier alpha value is -2.59. The van der Waals surface area contributed by atoms with Gasteiger partial charge in [-0.2, -0.15) is 0 Å². The van der Waals surface area contributed by atoms with E-state index in [0.29, 0.717) is 21.8 Å². The van der Waals surface area contributed by atoms with E-state index in [1.807, 2.05) is 44.2 Å². The zero-order chi connectivity index (χ0) is 17.3. The van der Waals surface area contributed by atoms with Crippen LogP contribution in [0, 0.1) is 13.8 Å². The maximum Gasteiger partial charge on any atom is 0.259 e. The number of hydrogen-bond donors (Lipinski definition) is 1. The van der Waals surface area contributed by atoms with Crippen LogP contribution in [-0.2, 0) is 0 Å². The van der Waals surface area contributed by atoms with Crippen molar-refractivity contribution in [1.82, 2.24) is 9.97 Å². The van der Waals surface area contributed by atoms with E-state index in [1.54, 1.807) is 19.3 Å². The van der Waals surface area contributed by atoms with Crippen LogP contribution in [0.2, 0.25) is 0 Å². The molecule has 0 fully saturated rings. The number of aromatic nitrogens is 2. The number of nitrogens with zero attached hydrogens (tertiary/aromatic N) is 1. The molecular weight excluding hydrogens is 324 g/mol. The molecule has 0 unspecified atom stereocenters. The van der Waals surface area contributed by atoms with Crippen molar-refractivity contribution >= 4 is 33.6 Å². The van der Waals surface area contributed by atoms with Gasteiger partial charge >= 0.3 is 0 Å². The Labute approximate surface area is 144 Å². The third kappa shape index (κ3) is 3.05. The number of rotatable bonds is 3. The lowest BCUT2D eigenvalue weighted by atomic mass is 10.1. The van der Waals surface area contributed by atoms with Crippen LogP contribution in [0.4, 0.5) is 0 Å². The predicted molar refractivity (Wildman–Crippen MR) is 98.6 cm³/mol. The molecule has 0 aliphatic heterocycles. The molecule has 0 aliphatic rings. The summed E-state index contributed by atoms with van der Waals surface area (Å²) in [5.74, 6) is 1.17. The van der Waals surface area contributed by atoms with E-state index in [9.17, 15) is 4.79 Å². The van der Waals surface area contributed by atoms with E-state index in [2.05, 4.69) is 9.97 Å². The minimum Gasteiger partial charge on any atom is -0.496 e. The maximum atomic E-state index is 12.2. The largest absolute Gasteiger partial charge is 0.496 e. The van der Waals surface area contributed by atoms with E-state index in [-0.39, 0.29) is 5.56 Å². The van der Waals surface area contributed by atoms with Crippen molar-refractivity contribution in [2.24, 2.45) is 0 Å². The standard InChI is InChI=1S/C19H17ClN2O2/c1-11-5-4-6-14-17(11)21-18(22-19(14)23)15(20)10-13-7-8-16(24-3)12(2)9-13/h4-10H,1-3H3,(H,21,22,23)/b15-10-. The molecule has 1 N–H and O–H groups in total. The van der Waals surface area contributed by atoms with Crippen molar-refractivity contribution in [2.45, 2.75) is 13.8 Å². The number of aryl methyl sites for hydroxylation is 2. The van der Waals surface area contributed by atoms with Crippen molar-refractivity contribution in [3.8, 4) is 5.75 Å². The zero-order valence-corrected chi connectivity index (χ0v) is 14.4. The van der Waals surface area contributed by atoms with Crippen LogP contribution in [0.15, 0.2) is 41.2 Å². The fraction of sp³-hybridized carbons (Fsp3) is 0.158. The first-order valence-corrected chi connectivity index (χ1v) is 7.89. The molecule has 24 heavy (non-hydrogen) atoms. The molecule has 0 bridgehead atoms. The minimum absolute atomic E-state index is 0.198. The molecule has 1 aromatic heterocycles. The predicted octanol–water partition coefficient (Wildman–Crippen LogP) is 4.29. The van der Waals surface area contributed by atoms with Crippen molar-refractivity contribution in [3.05, 3.63) is 69.3 Å². The molecule has 0 amide bonds. The van der Waals surface area contributed by atoms with Gasteiger partial charge in [-0.3, -0.25) is 4.79 Å². The quantitative estimate of drug-likeness (QED) is 0.774. The van der Waals surface area contributed by atoms with E-state index < -0.39 is 0 Å². The van der Waals surface area contributed by atoms with Crippen LogP contribution < -0.4 is 10.3 Å². The fourth-order valence-corrected chi connectivity index (χ4v) is 2.84. The topological polar surface area (TPSA) is 55.0 Å². The fourth-order valence-electron chi connectivity index (χ4n) is 2.62. The summed E-state index contributed by atoms with van der Waals surface area (Å²) in [4.78, 5) is 19.5. The second-order valence-electron chi connectivity index (χ2n) is 5.61. The van der Waals surface area contributed by atoms with E-state index in [4.69, 9.17) is 16.3 Å². The van der Waals surface area contributed by atoms with Crippen molar-refractivity contribution in [2.75, 3.05) is 7.11 Å². The molecular formula is C19H17ClN2O2. The van der Waals surface area contributed by atoms with Crippen LogP contribution in [0.1, 0.15) is 22.5 Å². The highest BCUT2D eigenvalue weighted by molar-refractivity contribution is 6.50. The highest BCUT2D eigenvalue weighted by atomic mass is 35.5. The number of halogens is 1. The van der Waals surface area contributed by atoms with Crippen molar-refractivity contribution < 1.29 is 4.74 Å². The Morgan fingerprint density at radius 1 is 1.21 bits per heavy atom. The SMILES string of the molecule is COc1ccc(/C=C(\Cl)c2nc3c(C)cccc3c(=O)[nH]2)cc1C. The molecule has 0 saturated carbocycles. The van der Waals surface area contributed by atoms with Gasteiger partial charge in [0, 0.05) is 0 Å². The minimum atomic E-state index is -0.198. The molecule has 0 spiro atoms. The summed E-state index contributed by atoms with van der Waals surface area (Å²) in [5.41, 5.74) is 3.31. The summed E-state index contributed by atoms with van der Waals surface area (Å²) < 4.78 is 5.25. The van der Waals surface area contributed by atoms with Crippen LogP contribution in [-0.4, -0.2) is 17.1 Å². The normalized spacial score (nSPS) is 11.8. The Morgan fingerprint density at radius 2 is 2.00 bits per heavy atom. The first-order chi connectivity index (χ1) is 11.5. The molecule has 5 heteroatoms. The Balaban J connectivity index is 2.08. The zero-order valence-electron chi connectivity index (χ0n) is 13.7. The van der Waals surface area contributed by atoms with Crippen molar-refractivity contribution in [1.29, 1.82) is 0 Å². The molecule has 3 rings (SSSR count). The number of para-hydroxylation sites is 1. The average molecular weight is 341 g/mol. The highest BCUT2D eigenvalue weighted by Crippen LogP contribution is 2.24. The van der Waals surface area contributed by atoms with Crippen LogP contribution in [0.25, 0.3) is 22.0 Å². The van der Waals surface area contributed by atoms with Crippen LogP contribution in [0.5, 0.6) is 5.75 Å². The lowest BCUT2D eigenvalue weighted by Gasteiger charge is -2.06. The molecule has 3 aromatic rings. The maximum absolute atomic E-state index is 12.2. The number of fused-ring (bicyclic) bond motifs is 1. The molecule has 1 heterocycles. The first-order valence-electron chi connectivity index (χ1n) is 7.51. The Kier molecular flexibility index (Phi) is 4.40. The summed E-state index contributed by atoms with van der Waals surface area (Å²) in [6.45, 7) is 3.88. The summed E-state index contributed by atoms with van der Waals surface area (Å²) in [6.07, 6.45) is 1.77. The third-order valence-electron chi connectivity index (χ3n) is 3.88. The van der Waals surface area contributed by atoms with Gasteiger partial charge in [-0.05, 0) is 54.8 Å². The van der Waals surface area contributed by atoms with Gasteiger partial charge in [-0.25, -0.2) is 4.98 Å². The van der Waals surface area contributed by atoms with Gasteiger partial charge in [-0.1, -0.05) is 29.8 Å². The number of benzene rings is 2. The van der Waals surface area contributed by atoms with Gasteiger partial charge in [0.25, 0.3) is 5.56 Å². The average Bonchev–Trinajstić information content (AvgIpc) is 2.56. The van der Waals surface area contributed by atoms with Crippen molar-refractivity contribution in [3.63, 3.8) is 0 Å². The number of methoxy groups -OCH3 is 1. The lowest BCUT2D eigenvalue weighted by molar-refractivity contribution is 0.411. The monoisotopic (exact) mass is 340 g/mol. The Bertz CT molecular complexity index is 1010. The summed E-state index contributed by atoms with van der Waals surface area (Å²) in [7, 11) is 1.64. The smallest absolute Gasteiger partial charge is 0.259 e. The number of hydrogen-bond acceptors (Lipinski definition) is 3. The van der Waals surface area contributed by atoms with Gasteiger partial charge in [0.05, 0.1) is 23.0 Å². The number of nitrogens with one attached hydrogen (secondary N) is 1. The highest BCUT2D eigenvalue weighted by Gasteiger charge is 2.09. The molecule has 4 nitrogen and oxygen atoms in total. The molecule has 0 radical (unpaired) electrons. The van der Waals surface area contributed by atoms with E-state index in [0.717, 1.165) is 22.4 Å². The Morgan fingerprint density at radius 3 is 2.71 bits per heavy atom. The third-order valence-corrected chi connectivity index (χ3v) is 4.16. The number of H-pyrrole nitrogens is 1. The van der Waals surface area contributed by atoms with Gasteiger partial charge in [0.15, 0.2) is 5.82 Å². The molecule has 2 aromatic carbocycles. The van der Waals surface area contributed by atoms with E-state index >= 15 is 0 Å². The molecule has 0 saturated heterocycles. The van der Waals surface area contributed by atoms with E-state index in [1.165, 1.54) is 0 Å².